The highest BCUT2D eigenvalue weighted by molar-refractivity contribution is 9.10. The van der Waals surface area contributed by atoms with Gasteiger partial charge in [0.15, 0.2) is 0 Å². The molecule has 1 aromatic carbocycles. The van der Waals surface area contributed by atoms with Crippen LogP contribution in [0.4, 0.5) is 0 Å². The van der Waals surface area contributed by atoms with Crippen molar-refractivity contribution in [2.45, 2.75) is 6.92 Å². The lowest BCUT2D eigenvalue weighted by Crippen LogP contribution is -1.97. The van der Waals surface area contributed by atoms with Gasteiger partial charge < -0.3 is 0 Å². The van der Waals surface area contributed by atoms with Gasteiger partial charge in [-0.05, 0) is 36.6 Å². The summed E-state index contributed by atoms with van der Waals surface area (Å²) in [6, 6.07) is 5.39. The molecule has 0 N–H and O–H groups in total. The van der Waals surface area contributed by atoms with Crippen LogP contribution in [0.3, 0.4) is 0 Å². The number of aryl methyl sites for hydroxylation is 1. The number of ketones is 1. The molecule has 2 heteroatoms. The van der Waals surface area contributed by atoms with Crippen molar-refractivity contribution in [3.05, 3.63) is 33.8 Å². The first-order valence-electron chi connectivity index (χ1n) is 3.42. The molecule has 0 spiro atoms. The number of hydrogen-bond acceptors (Lipinski definition) is 1. The number of carbonyl (C=O) groups excluding carboxylic acids is 1. The second-order valence-electron chi connectivity index (χ2n) is 2.43. The van der Waals surface area contributed by atoms with Crippen molar-refractivity contribution < 1.29 is 4.79 Å². The normalized spacial score (nSPS) is 9.08. The fourth-order valence-electron chi connectivity index (χ4n) is 0.960. The summed E-state index contributed by atoms with van der Waals surface area (Å²) in [6.45, 7) is 1.86. The standard InChI is InChI=1S/C10H7BrO/c1-3-10(12)9-5-4-8(11)6-7(9)2/h1,4-6H,2H3. The largest absolute Gasteiger partial charge is 0.279 e. The lowest BCUT2D eigenvalue weighted by atomic mass is 10.1. The van der Waals surface area contributed by atoms with Gasteiger partial charge in [-0.3, -0.25) is 4.79 Å². The van der Waals surface area contributed by atoms with Crippen LogP contribution < -0.4 is 0 Å². The van der Waals surface area contributed by atoms with Crippen LogP contribution in [-0.2, 0) is 0 Å². The molecular formula is C10H7BrO. The molecule has 0 saturated heterocycles. The van der Waals surface area contributed by atoms with Gasteiger partial charge in [-0.25, -0.2) is 0 Å². The Bertz CT molecular complexity index is 361. The number of carbonyl (C=O) groups is 1. The van der Waals surface area contributed by atoms with Gasteiger partial charge >= 0.3 is 0 Å². The Morgan fingerprint density at radius 3 is 2.75 bits per heavy atom. The first kappa shape index (κ1) is 9.02. The van der Waals surface area contributed by atoms with E-state index in [0.29, 0.717) is 5.56 Å². The monoisotopic (exact) mass is 222 g/mol. The zero-order valence-corrected chi connectivity index (χ0v) is 8.18. The lowest BCUT2D eigenvalue weighted by molar-refractivity contribution is 0.105. The maximum absolute atomic E-state index is 11.1. The van der Waals surface area contributed by atoms with Crippen LogP contribution in [0.15, 0.2) is 22.7 Å². The van der Waals surface area contributed by atoms with Crippen molar-refractivity contribution in [1.29, 1.82) is 0 Å². The van der Waals surface area contributed by atoms with Gasteiger partial charge in [0.1, 0.15) is 0 Å². The van der Waals surface area contributed by atoms with E-state index in [1.807, 2.05) is 13.0 Å². The first-order chi connectivity index (χ1) is 5.65. The number of hydrogen-bond donors (Lipinski definition) is 0. The fraction of sp³-hybridized carbons (Fsp3) is 0.100. The molecule has 60 valence electrons. The molecule has 0 aliphatic heterocycles. The van der Waals surface area contributed by atoms with Crippen molar-refractivity contribution in [3.63, 3.8) is 0 Å². The van der Waals surface area contributed by atoms with Crippen LogP contribution in [0.5, 0.6) is 0 Å². The van der Waals surface area contributed by atoms with Gasteiger partial charge in [-0.1, -0.05) is 15.9 Å². The minimum Gasteiger partial charge on any atom is -0.279 e. The lowest BCUT2D eigenvalue weighted by Gasteiger charge is -1.99. The molecule has 0 amide bonds. The van der Waals surface area contributed by atoms with Crippen LogP contribution in [0, 0.1) is 19.3 Å². The zero-order valence-electron chi connectivity index (χ0n) is 6.60. The maximum atomic E-state index is 11.1. The van der Waals surface area contributed by atoms with Crippen molar-refractivity contribution in [2.75, 3.05) is 0 Å². The van der Waals surface area contributed by atoms with Crippen LogP contribution in [0.1, 0.15) is 15.9 Å². The SMILES string of the molecule is C#CC(=O)c1ccc(Br)cc1C. The van der Waals surface area contributed by atoms with Crippen molar-refractivity contribution >= 4 is 21.7 Å². The smallest absolute Gasteiger partial charge is 0.235 e. The summed E-state index contributed by atoms with van der Waals surface area (Å²) in [6.07, 6.45) is 5.00. The highest BCUT2D eigenvalue weighted by Gasteiger charge is 2.04. The Morgan fingerprint density at radius 2 is 2.25 bits per heavy atom. The van der Waals surface area contributed by atoms with Crippen LogP contribution in [0.25, 0.3) is 0 Å². The average Bonchev–Trinajstić information content (AvgIpc) is 2.03. The number of Topliss-reactive ketones (excluding diaryl/α,β-unsaturated/α-hetero) is 1. The molecule has 0 aliphatic carbocycles. The minimum atomic E-state index is -0.264. The van der Waals surface area contributed by atoms with E-state index in [1.165, 1.54) is 0 Å². The molecule has 0 bridgehead atoms. The zero-order chi connectivity index (χ0) is 9.14. The summed E-state index contributed by atoms with van der Waals surface area (Å²) in [5.74, 6) is 1.82. The van der Waals surface area contributed by atoms with E-state index in [9.17, 15) is 4.79 Å². The summed E-state index contributed by atoms with van der Waals surface area (Å²) in [7, 11) is 0. The number of terminal acetylenes is 1. The molecular weight excluding hydrogens is 216 g/mol. The van der Waals surface area contributed by atoms with E-state index < -0.39 is 0 Å². The highest BCUT2D eigenvalue weighted by Crippen LogP contribution is 2.15. The Kier molecular flexibility index (Phi) is 2.67. The third-order valence-electron chi connectivity index (χ3n) is 1.56. The summed E-state index contributed by atoms with van der Waals surface area (Å²) in [4.78, 5) is 11.1. The van der Waals surface area contributed by atoms with Gasteiger partial charge in [-0.15, -0.1) is 6.42 Å². The second kappa shape index (κ2) is 3.55. The van der Waals surface area contributed by atoms with Crippen molar-refractivity contribution in [2.24, 2.45) is 0 Å². The van der Waals surface area contributed by atoms with Gasteiger partial charge in [0.2, 0.25) is 5.78 Å². The summed E-state index contributed by atoms with van der Waals surface area (Å²) >= 11 is 3.30. The molecule has 0 radical (unpaired) electrons. The minimum absolute atomic E-state index is 0.264. The second-order valence-corrected chi connectivity index (χ2v) is 3.35. The van der Waals surface area contributed by atoms with E-state index in [4.69, 9.17) is 6.42 Å². The maximum Gasteiger partial charge on any atom is 0.235 e. The van der Waals surface area contributed by atoms with Crippen molar-refractivity contribution in [1.82, 2.24) is 0 Å². The first-order valence-corrected chi connectivity index (χ1v) is 4.21. The summed E-state index contributed by atoms with van der Waals surface area (Å²) in [5, 5.41) is 0. The molecule has 0 fully saturated rings. The summed E-state index contributed by atoms with van der Waals surface area (Å²) < 4.78 is 0.952. The van der Waals surface area contributed by atoms with E-state index in [2.05, 4.69) is 21.9 Å². The van der Waals surface area contributed by atoms with Gasteiger partial charge in [0, 0.05) is 10.0 Å². The van der Waals surface area contributed by atoms with E-state index >= 15 is 0 Å². The third kappa shape index (κ3) is 1.75. The summed E-state index contributed by atoms with van der Waals surface area (Å²) in [5.41, 5.74) is 1.49. The number of rotatable bonds is 1. The molecule has 0 aromatic heterocycles. The molecule has 12 heavy (non-hydrogen) atoms. The number of benzene rings is 1. The predicted molar refractivity (Wildman–Crippen MR) is 52.0 cm³/mol. The molecule has 0 atom stereocenters. The predicted octanol–water partition coefficient (Wildman–Crippen LogP) is 2.57. The molecule has 1 rings (SSSR count). The molecule has 1 nitrogen and oxygen atoms in total. The average molecular weight is 223 g/mol. The quantitative estimate of drug-likeness (QED) is 0.406. The van der Waals surface area contributed by atoms with Gasteiger partial charge in [-0.2, -0.15) is 0 Å². The van der Waals surface area contributed by atoms with Gasteiger partial charge in [0.05, 0.1) is 0 Å². The van der Waals surface area contributed by atoms with E-state index in [1.54, 1.807) is 12.1 Å². The Labute approximate surface area is 79.9 Å². The topological polar surface area (TPSA) is 17.1 Å². The number of halogens is 1. The Balaban J connectivity index is 3.20. The van der Waals surface area contributed by atoms with Crippen molar-refractivity contribution in [3.8, 4) is 12.3 Å². The fourth-order valence-corrected chi connectivity index (χ4v) is 1.44. The Hall–Kier alpha value is -1.07. The van der Waals surface area contributed by atoms with Gasteiger partial charge in [0.25, 0.3) is 0 Å². The van der Waals surface area contributed by atoms with Crippen LogP contribution in [0.2, 0.25) is 0 Å². The molecule has 1 aromatic rings. The van der Waals surface area contributed by atoms with E-state index in [-0.39, 0.29) is 5.78 Å². The van der Waals surface area contributed by atoms with E-state index in [0.717, 1.165) is 10.0 Å². The molecule has 0 heterocycles. The highest BCUT2D eigenvalue weighted by atomic mass is 79.9. The molecule has 0 saturated carbocycles. The van der Waals surface area contributed by atoms with Crippen LogP contribution >= 0.6 is 15.9 Å². The molecule has 0 unspecified atom stereocenters. The third-order valence-corrected chi connectivity index (χ3v) is 2.06. The Morgan fingerprint density at radius 1 is 1.58 bits per heavy atom. The molecule has 0 aliphatic rings. The van der Waals surface area contributed by atoms with Crippen LogP contribution in [-0.4, -0.2) is 5.78 Å².